The number of rotatable bonds is 27. The van der Waals surface area contributed by atoms with Crippen LogP contribution in [0.25, 0.3) is 66.1 Å². The molecule has 1 fully saturated rings. The highest BCUT2D eigenvalue weighted by Crippen LogP contribution is 2.45. The molecule has 2 aromatic carbocycles. The molecule has 19 rings (SSSR count). The summed E-state index contributed by atoms with van der Waals surface area (Å²) < 4.78 is 87.8. The molecule has 0 atom stereocenters. The molecule has 0 radical (unpaired) electrons. The molecule has 0 spiro atoms. The van der Waals surface area contributed by atoms with Crippen molar-refractivity contribution in [3.63, 3.8) is 0 Å². The topological polar surface area (TPSA) is 512 Å². The van der Waals surface area contributed by atoms with Crippen LogP contribution in [0.1, 0.15) is 74.9 Å². The molecule has 6 N–H and O–H groups in total. The van der Waals surface area contributed by atoms with Gasteiger partial charge in [-0.15, -0.1) is 0 Å². The van der Waals surface area contributed by atoms with Crippen molar-refractivity contribution in [1.82, 2.24) is 125 Å². The molecule has 1 aliphatic heterocycles. The number of H-pyrrole nitrogens is 6. The molecule has 18 aromatic rings. The highest BCUT2D eigenvalue weighted by molar-refractivity contribution is 9.11. The molecule has 132 heavy (non-hydrogen) atoms. The molecule has 1 aliphatic rings. The number of hydrogen-bond acceptors (Lipinski definition) is 36. The molecule has 46 heteroatoms. The smallest absolute Gasteiger partial charge is 0.345 e. The van der Waals surface area contributed by atoms with Crippen LogP contribution in [0.4, 0.5) is 0 Å². The van der Waals surface area contributed by atoms with Crippen molar-refractivity contribution in [2.24, 2.45) is 0 Å². The van der Waals surface area contributed by atoms with Gasteiger partial charge in [-0.25, -0.2) is 44.5 Å². The van der Waals surface area contributed by atoms with Crippen molar-refractivity contribution in [2.45, 2.75) is 72.1 Å². The first-order chi connectivity index (χ1) is 64.3. The van der Waals surface area contributed by atoms with Gasteiger partial charge in [0.2, 0.25) is 23.5 Å². The van der Waals surface area contributed by atoms with E-state index < -0.39 is 11.4 Å². The van der Waals surface area contributed by atoms with E-state index >= 15 is 0 Å². The Kier molecular flexibility index (Phi) is 28.2. The van der Waals surface area contributed by atoms with Gasteiger partial charge in [-0.1, -0.05) is 27.7 Å². The van der Waals surface area contributed by atoms with Crippen molar-refractivity contribution in [2.75, 3.05) is 55.9 Å². The molecular weight excluding hydrogens is 1970 g/mol. The SMILES string of the molecule is CCc1[nH]c2nc(Oc3cnc(=O)[nH]c3)nc(Oc3cnc(=O)[nH]c3)c2c1Br.CCc1[nH]c2nc(Oc3cnc(OC)c(OC)c3)nc(Oc3ccc4nccnc4c3)c2c1Br.CCc1[nH]c2nc(Oc3cnc(OC)c(OC)c3)nc(Oc3cnc(OC)c(OC)c3)c2c1Br.CCc1[nH]c2nc(Oc3cncnc3)nc(Oc3ccc4c(C5CCOCC5)ncnc4c3)c2c1Br. The average Bonchev–Trinajstić information content (AvgIpc) is 1.67. The predicted octanol–water partition coefficient (Wildman–Crippen LogP) is 17.4. The minimum atomic E-state index is -0.501. The Labute approximate surface area is 779 Å². The second kappa shape index (κ2) is 41.2. The van der Waals surface area contributed by atoms with E-state index in [1.807, 2.05) is 51.1 Å². The molecule has 16 aromatic heterocycles. The fourth-order valence-electron chi connectivity index (χ4n) is 13.4. The zero-order valence-electron chi connectivity index (χ0n) is 71.4. The maximum absolute atomic E-state index is 11.2. The first kappa shape index (κ1) is 90.3. The van der Waals surface area contributed by atoms with Crippen molar-refractivity contribution >= 4 is 130 Å². The number of methoxy groups -OCH3 is 6. The predicted molar refractivity (Wildman–Crippen MR) is 490 cm³/mol. The minimum absolute atomic E-state index is 0.0230. The molecule has 42 nitrogen and oxygen atoms in total. The second-order valence-corrected chi connectivity index (χ2v) is 31.0. The van der Waals surface area contributed by atoms with E-state index in [4.69, 9.17) is 71.1 Å². The number of aromatic nitrogens is 25. The molecule has 0 unspecified atom stereocenters. The number of nitrogens with one attached hydrogen (secondary N) is 6. The molecule has 674 valence electrons. The first-order valence-corrected chi connectivity index (χ1v) is 43.4. The summed E-state index contributed by atoms with van der Waals surface area (Å²) in [5.74, 6) is 6.97. The monoisotopic (exact) mass is 2050 g/mol. The van der Waals surface area contributed by atoms with Crippen molar-refractivity contribution in [3.8, 4) is 128 Å². The van der Waals surface area contributed by atoms with Crippen LogP contribution in [0.15, 0.2) is 163 Å². The Hall–Kier alpha value is -15.0. The van der Waals surface area contributed by atoms with E-state index in [0.717, 1.165) is 120 Å². The minimum Gasteiger partial charge on any atom is -0.491 e. The van der Waals surface area contributed by atoms with Crippen LogP contribution in [-0.2, 0) is 30.4 Å². The summed E-state index contributed by atoms with van der Waals surface area (Å²) in [7, 11) is 9.08. The number of pyridine rings is 3. The van der Waals surface area contributed by atoms with E-state index in [9.17, 15) is 9.59 Å². The van der Waals surface area contributed by atoms with Crippen molar-refractivity contribution < 1.29 is 71.1 Å². The largest absolute Gasteiger partial charge is 0.491 e. The van der Waals surface area contributed by atoms with Gasteiger partial charge in [-0.2, -0.15) is 49.8 Å². The molecule has 17 heterocycles. The Balaban J connectivity index is 0.000000129. The maximum Gasteiger partial charge on any atom is 0.345 e. The standard InChI is InChI=1S/C25H22BrN7O3.C23H19BrN6O4.C22H22BrN5O6.C16H12BrN7O4/c1-2-18-21(26)20-23(31-18)32-25(36-16-10-27-12-28-11-16)33-24(20)35-15-3-4-17-19(9-15)29-13-30-22(17)14-5-7-34-8-6-14;1-4-14-19(24)18-20(28-14)29-23(34-13-10-17(31-2)21(32-3)27-11-13)30-22(18)33-12-5-6-15-16(9-12)26-8-7-25-15;1-6-13-17(23)16-18(26-13)27-22(34-12-8-15(30-3)20(32-5)25-10-12)28-21(16)33-11-7-14(29-2)19(31-4)24-9-11;1-2-9-11(17)10-12(22-9)23-16(28-8-5-20-15(26)21-6-8)24-13(10)27-7-3-18-14(25)19-4-7/h3-4,9-14H,2,5-8H2,1H3,(H,31,32,33);5-11H,4H2,1-3H3,(H,28,29,30);7-10H,6H2,1-5H3,(H,26,27,28);3-6H,2H2,1H3,(H,18,19,25)(H,20,21,26)(H,22,23,24). The lowest BCUT2D eigenvalue weighted by Gasteiger charge is -2.22. The molecule has 1 saturated heterocycles. The Bertz CT molecular complexity index is 7330. The third-order valence-corrected chi connectivity index (χ3v) is 23.2. The lowest BCUT2D eigenvalue weighted by molar-refractivity contribution is 0.0848. The Morgan fingerprint density at radius 3 is 1.11 bits per heavy atom. The lowest BCUT2D eigenvalue weighted by atomic mass is 9.93. The highest BCUT2D eigenvalue weighted by atomic mass is 79.9. The van der Waals surface area contributed by atoms with Crippen LogP contribution >= 0.6 is 63.7 Å². The molecule has 0 saturated carbocycles. The number of hydrogen-bond donors (Lipinski definition) is 6. The highest BCUT2D eigenvalue weighted by Gasteiger charge is 2.28. The van der Waals surface area contributed by atoms with Crippen molar-refractivity contribution in [1.29, 1.82) is 0 Å². The number of aromatic amines is 6. The number of halogens is 4. The summed E-state index contributed by atoms with van der Waals surface area (Å²) in [5, 5.41) is 3.72. The van der Waals surface area contributed by atoms with Gasteiger partial charge in [0.15, 0.2) is 51.7 Å². The van der Waals surface area contributed by atoms with Crippen LogP contribution in [0.5, 0.6) is 128 Å². The van der Waals surface area contributed by atoms with Gasteiger partial charge in [0.05, 0.1) is 160 Å². The third-order valence-electron chi connectivity index (χ3n) is 19.7. The molecular formula is C86H75Br4N25O17. The number of fused-ring (bicyclic) bond motifs is 6. The second-order valence-electron chi connectivity index (χ2n) is 27.8. The van der Waals surface area contributed by atoms with Crippen LogP contribution in [-0.4, -0.2) is 180 Å². The Morgan fingerprint density at radius 1 is 0.348 bits per heavy atom. The normalized spacial score (nSPS) is 11.9. The zero-order chi connectivity index (χ0) is 92.1. The fraction of sp³-hybridized carbons (Fsp3) is 0.221. The summed E-state index contributed by atoms with van der Waals surface area (Å²) in [4.78, 5) is 121. The van der Waals surface area contributed by atoms with Crippen LogP contribution < -0.4 is 77.7 Å². The van der Waals surface area contributed by atoms with Gasteiger partial charge >= 0.3 is 35.4 Å². The lowest BCUT2D eigenvalue weighted by Crippen LogP contribution is -2.15. The number of nitrogens with zero attached hydrogens (tertiary/aromatic N) is 19. The summed E-state index contributed by atoms with van der Waals surface area (Å²) in [6.45, 7) is 9.62. The van der Waals surface area contributed by atoms with Crippen LogP contribution in [0.2, 0.25) is 0 Å². The fourth-order valence-corrected chi connectivity index (χ4v) is 16.3. The van der Waals surface area contributed by atoms with Gasteiger partial charge in [0, 0.05) is 90.0 Å². The molecule has 0 bridgehead atoms. The van der Waals surface area contributed by atoms with E-state index in [0.29, 0.717) is 131 Å². The van der Waals surface area contributed by atoms with Gasteiger partial charge in [-0.05, 0) is 127 Å². The zero-order valence-corrected chi connectivity index (χ0v) is 77.7. The van der Waals surface area contributed by atoms with E-state index in [2.05, 4.69) is 195 Å². The number of ether oxygens (including phenoxy) is 15. The van der Waals surface area contributed by atoms with Gasteiger partial charge in [0.25, 0.3) is 17.6 Å². The maximum atomic E-state index is 11.2. The number of benzene rings is 2. The van der Waals surface area contributed by atoms with E-state index in [1.54, 1.807) is 55.4 Å². The van der Waals surface area contributed by atoms with Gasteiger partial charge < -0.3 is 101 Å². The van der Waals surface area contributed by atoms with Crippen molar-refractivity contribution in [3.05, 3.63) is 203 Å². The van der Waals surface area contributed by atoms with Crippen LogP contribution in [0, 0.1) is 0 Å². The summed E-state index contributed by atoms with van der Waals surface area (Å²) in [6.07, 6.45) is 24.1. The van der Waals surface area contributed by atoms with Crippen LogP contribution in [0.3, 0.4) is 0 Å². The van der Waals surface area contributed by atoms with E-state index in [1.165, 1.54) is 92.4 Å². The number of aryl methyl sites for hydroxylation is 4. The van der Waals surface area contributed by atoms with Gasteiger partial charge in [0.1, 0.15) is 46.7 Å². The van der Waals surface area contributed by atoms with E-state index in [-0.39, 0.29) is 47.3 Å². The van der Waals surface area contributed by atoms with Gasteiger partial charge in [-0.3, -0.25) is 9.97 Å². The first-order valence-electron chi connectivity index (χ1n) is 40.2. The third kappa shape index (κ3) is 20.3. The summed E-state index contributed by atoms with van der Waals surface area (Å²) in [5.41, 5.74) is 8.31. The molecule has 0 aliphatic carbocycles. The summed E-state index contributed by atoms with van der Waals surface area (Å²) >= 11 is 14.5. The average molecular weight is 2050 g/mol. The summed E-state index contributed by atoms with van der Waals surface area (Å²) in [6, 6.07) is 16.4. The molecule has 0 amide bonds. The Morgan fingerprint density at radius 2 is 0.712 bits per heavy atom. The quantitative estimate of drug-likeness (QED) is 0.0278.